The first-order valence-electron chi connectivity index (χ1n) is 6.23. The summed E-state index contributed by atoms with van der Waals surface area (Å²) < 4.78 is 18.1. The lowest BCUT2D eigenvalue weighted by atomic mass is 9.90. The van der Waals surface area contributed by atoms with Gasteiger partial charge in [0.25, 0.3) is 0 Å². The van der Waals surface area contributed by atoms with Gasteiger partial charge in [-0.2, -0.15) is 0 Å². The molecule has 0 heterocycles. The lowest BCUT2D eigenvalue weighted by molar-refractivity contribution is 0.0318. The first kappa shape index (κ1) is 17.1. The van der Waals surface area contributed by atoms with Gasteiger partial charge < -0.3 is 9.64 Å². The number of nitrogens with zero attached hydrogens (tertiary/aromatic N) is 1. The van der Waals surface area contributed by atoms with Gasteiger partial charge in [-0.1, -0.05) is 19.2 Å². The van der Waals surface area contributed by atoms with Crippen molar-refractivity contribution < 1.29 is 9.13 Å². The minimum Gasteiger partial charge on any atom is -0.374 e. The van der Waals surface area contributed by atoms with Crippen LogP contribution in [-0.4, -0.2) is 38.3 Å². The van der Waals surface area contributed by atoms with E-state index < -0.39 is 11.4 Å². The fourth-order valence-electron chi connectivity index (χ4n) is 1.65. The summed E-state index contributed by atoms with van der Waals surface area (Å²) in [4.78, 5) is 2.16. The molecule has 0 spiro atoms. The van der Waals surface area contributed by atoms with E-state index in [1.807, 2.05) is 6.92 Å². The summed E-state index contributed by atoms with van der Waals surface area (Å²) in [5.41, 5.74) is 0.340. The quantitative estimate of drug-likeness (QED) is 0.460. The molecule has 0 amide bonds. The fraction of sp³-hybridized carbons (Fsp3) is 0.600. The van der Waals surface area contributed by atoms with Gasteiger partial charge in [0.1, 0.15) is 5.83 Å². The first-order valence-corrected chi connectivity index (χ1v) is 6.23. The number of ether oxygens (including phenoxy) is 1. The van der Waals surface area contributed by atoms with Crippen molar-refractivity contribution in [2.24, 2.45) is 0 Å². The number of hydrogen-bond donors (Lipinski definition) is 0. The largest absolute Gasteiger partial charge is 0.374 e. The highest BCUT2D eigenvalue weighted by molar-refractivity contribution is 5.28. The molecule has 1 atom stereocenters. The van der Waals surface area contributed by atoms with Crippen LogP contribution in [0.3, 0.4) is 0 Å². The Bertz CT molecular complexity index is 310. The Labute approximate surface area is 111 Å². The normalized spacial score (nSPS) is 15.0. The van der Waals surface area contributed by atoms with E-state index in [1.54, 1.807) is 13.2 Å². The SMILES string of the molecule is C=C(F)/C=C\C(=C)C(C)(CCCCN(C)C)OC. The Morgan fingerprint density at radius 3 is 2.33 bits per heavy atom. The van der Waals surface area contributed by atoms with Crippen LogP contribution in [0.25, 0.3) is 0 Å². The second-order valence-corrected chi connectivity index (χ2v) is 5.00. The summed E-state index contributed by atoms with van der Waals surface area (Å²) in [6, 6.07) is 0. The van der Waals surface area contributed by atoms with E-state index in [2.05, 4.69) is 32.2 Å². The Kier molecular flexibility index (Phi) is 7.80. The molecule has 0 rings (SSSR count). The van der Waals surface area contributed by atoms with Crippen LogP contribution in [0, 0.1) is 0 Å². The van der Waals surface area contributed by atoms with Gasteiger partial charge >= 0.3 is 0 Å². The number of rotatable bonds is 9. The van der Waals surface area contributed by atoms with Crippen molar-refractivity contribution in [3.8, 4) is 0 Å². The van der Waals surface area contributed by atoms with Crippen molar-refractivity contribution in [2.45, 2.75) is 31.8 Å². The molecular formula is C15H26FNO. The molecule has 3 heteroatoms. The van der Waals surface area contributed by atoms with Gasteiger partial charge in [-0.05, 0) is 58.5 Å². The summed E-state index contributed by atoms with van der Waals surface area (Å²) in [5, 5.41) is 0. The van der Waals surface area contributed by atoms with Gasteiger partial charge in [0.15, 0.2) is 0 Å². The maximum Gasteiger partial charge on any atom is 0.116 e. The average Bonchev–Trinajstić information content (AvgIpc) is 2.30. The van der Waals surface area contributed by atoms with Crippen molar-refractivity contribution in [3.63, 3.8) is 0 Å². The number of halogens is 1. The van der Waals surface area contributed by atoms with E-state index in [-0.39, 0.29) is 0 Å². The Hall–Kier alpha value is -0.930. The molecule has 18 heavy (non-hydrogen) atoms. The third-order valence-corrected chi connectivity index (χ3v) is 3.10. The van der Waals surface area contributed by atoms with Gasteiger partial charge in [-0.25, -0.2) is 4.39 Å². The standard InChI is InChI=1S/C15H26FNO/c1-13(9-10-14(2)16)15(3,18-6)11-7-8-12-17(4)5/h9-10H,1-2,7-8,11-12H2,3-6H3/b10-9-. The van der Waals surface area contributed by atoms with E-state index in [0.717, 1.165) is 31.4 Å². The highest BCUT2D eigenvalue weighted by atomic mass is 19.1. The molecule has 0 aliphatic heterocycles. The Balaban J connectivity index is 4.32. The molecule has 0 fully saturated rings. The number of allylic oxidation sites excluding steroid dienone is 2. The van der Waals surface area contributed by atoms with Gasteiger partial charge in [0.05, 0.1) is 5.60 Å². The molecule has 104 valence electrons. The number of unbranched alkanes of at least 4 members (excludes halogenated alkanes) is 1. The summed E-state index contributed by atoms with van der Waals surface area (Å²) in [5.74, 6) is -0.470. The Morgan fingerprint density at radius 2 is 1.89 bits per heavy atom. The second kappa shape index (κ2) is 8.22. The molecular weight excluding hydrogens is 229 g/mol. The molecule has 0 aromatic rings. The van der Waals surface area contributed by atoms with Crippen molar-refractivity contribution in [1.82, 2.24) is 4.90 Å². The number of methoxy groups -OCH3 is 1. The third-order valence-electron chi connectivity index (χ3n) is 3.10. The van der Waals surface area contributed by atoms with Crippen molar-refractivity contribution in [3.05, 3.63) is 36.7 Å². The molecule has 0 aliphatic carbocycles. The molecule has 0 bridgehead atoms. The molecule has 0 saturated heterocycles. The predicted molar refractivity (Wildman–Crippen MR) is 76.3 cm³/mol. The molecule has 0 aliphatic rings. The van der Waals surface area contributed by atoms with Gasteiger partial charge in [-0.3, -0.25) is 0 Å². The molecule has 0 N–H and O–H groups in total. The summed E-state index contributed by atoms with van der Waals surface area (Å²) in [7, 11) is 5.78. The van der Waals surface area contributed by atoms with E-state index in [9.17, 15) is 4.39 Å². The molecule has 1 unspecified atom stereocenters. The minimum absolute atomic E-state index is 0.432. The highest BCUT2D eigenvalue weighted by Crippen LogP contribution is 2.27. The van der Waals surface area contributed by atoms with Crippen LogP contribution < -0.4 is 0 Å². The molecule has 0 radical (unpaired) electrons. The fourth-order valence-corrected chi connectivity index (χ4v) is 1.65. The minimum atomic E-state index is -0.470. The second-order valence-electron chi connectivity index (χ2n) is 5.00. The van der Waals surface area contributed by atoms with Crippen LogP contribution in [0.2, 0.25) is 0 Å². The smallest absolute Gasteiger partial charge is 0.116 e. The molecule has 0 aromatic carbocycles. The lowest BCUT2D eigenvalue weighted by Crippen LogP contribution is -2.29. The van der Waals surface area contributed by atoms with Crippen molar-refractivity contribution in [2.75, 3.05) is 27.7 Å². The maximum absolute atomic E-state index is 12.6. The lowest BCUT2D eigenvalue weighted by Gasteiger charge is -2.29. The first-order chi connectivity index (χ1) is 8.31. The van der Waals surface area contributed by atoms with Crippen LogP contribution >= 0.6 is 0 Å². The predicted octanol–water partition coefficient (Wildman–Crippen LogP) is 3.72. The van der Waals surface area contributed by atoms with E-state index in [1.165, 1.54) is 6.08 Å². The zero-order valence-corrected chi connectivity index (χ0v) is 12.1. The topological polar surface area (TPSA) is 12.5 Å². The maximum atomic E-state index is 12.6. The highest BCUT2D eigenvalue weighted by Gasteiger charge is 2.25. The van der Waals surface area contributed by atoms with Crippen molar-refractivity contribution in [1.29, 1.82) is 0 Å². The zero-order chi connectivity index (χ0) is 14.2. The van der Waals surface area contributed by atoms with E-state index in [4.69, 9.17) is 4.74 Å². The third kappa shape index (κ3) is 6.72. The van der Waals surface area contributed by atoms with Gasteiger partial charge in [0, 0.05) is 7.11 Å². The van der Waals surface area contributed by atoms with Crippen molar-refractivity contribution >= 4 is 0 Å². The average molecular weight is 255 g/mol. The number of hydrogen-bond acceptors (Lipinski definition) is 2. The Morgan fingerprint density at radius 1 is 1.28 bits per heavy atom. The molecule has 0 saturated carbocycles. The summed E-state index contributed by atoms with van der Waals surface area (Å²) in [6.07, 6.45) is 5.99. The zero-order valence-electron chi connectivity index (χ0n) is 12.1. The molecule has 2 nitrogen and oxygen atoms in total. The van der Waals surface area contributed by atoms with Crippen LogP contribution in [0.1, 0.15) is 26.2 Å². The summed E-state index contributed by atoms with van der Waals surface area (Å²) >= 11 is 0. The van der Waals surface area contributed by atoms with Crippen LogP contribution in [0.4, 0.5) is 4.39 Å². The van der Waals surface area contributed by atoms with Crippen LogP contribution in [0.5, 0.6) is 0 Å². The van der Waals surface area contributed by atoms with Gasteiger partial charge in [0.2, 0.25) is 0 Å². The summed E-state index contributed by atoms with van der Waals surface area (Å²) in [6.45, 7) is 10.2. The molecule has 0 aromatic heterocycles. The van der Waals surface area contributed by atoms with E-state index in [0.29, 0.717) is 0 Å². The van der Waals surface area contributed by atoms with E-state index >= 15 is 0 Å². The van der Waals surface area contributed by atoms with Gasteiger partial charge in [-0.15, -0.1) is 0 Å². The monoisotopic (exact) mass is 255 g/mol. The van der Waals surface area contributed by atoms with Crippen LogP contribution in [-0.2, 0) is 4.74 Å². The van der Waals surface area contributed by atoms with Crippen LogP contribution in [0.15, 0.2) is 36.7 Å².